The minimum absolute atomic E-state index is 0.295. The van der Waals surface area contributed by atoms with Gasteiger partial charge >= 0.3 is 0 Å². The molecule has 1 unspecified atom stereocenters. The van der Waals surface area contributed by atoms with Gasteiger partial charge in [-0.2, -0.15) is 0 Å². The van der Waals surface area contributed by atoms with Gasteiger partial charge in [0, 0.05) is 5.92 Å². The van der Waals surface area contributed by atoms with Crippen molar-refractivity contribution in [3.05, 3.63) is 217 Å². The Morgan fingerprint density at radius 3 is 1.62 bits per heavy atom. The molecule has 0 N–H and O–H groups in total. The Kier molecular flexibility index (Phi) is 8.30. The Morgan fingerprint density at radius 2 is 0.891 bits per heavy atom. The normalized spacial score (nSPS) is 14.3. The van der Waals surface area contributed by atoms with E-state index in [2.05, 4.69) is 213 Å². The van der Waals surface area contributed by atoms with Crippen LogP contribution in [0.2, 0.25) is 0 Å². The van der Waals surface area contributed by atoms with Gasteiger partial charge in [0.1, 0.15) is 0 Å². The van der Waals surface area contributed by atoms with Crippen LogP contribution in [0.1, 0.15) is 24.5 Å². The van der Waals surface area contributed by atoms with E-state index in [1.165, 1.54) is 98.7 Å². The van der Waals surface area contributed by atoms with Crippen molar-refractivity contribution >= 4 is 54.2 Å². The van der Waals surface area contributed by atoms with Crippen LogP contribution in [0.25, 0.3) is 87.6 Å². The van der Waals surface area contributed by atoms with E-state index in [1.807, 2.05) is 0 Å². The van der Waals surface area contributed by atoms with E-state index >= 15 is 0 Å². The van der Waals surface area contributed by atoms with Crippen molar-refractivity contribution in [1.29, 1.82) is 0 Å². The highest BCUT2D eigenvalue weighted by atomic mass is 14.3. The molecule has 260 valence electrons. The van der Waals surface area contributed by atoms with Gasteiger partial charge in [-0.15, -0.1) is 0 Å². The average Bonchev–Trinajstić information content (AvgIpc) is 3.48. The van der Waals surface area contributed by atoms with Crippen molar-refractivity contribution in [3.63, 3.8) is 0 Å². The summed E-state index contributed by atoms with van der Waals surface area (Å²) < 4.78 is 0. The molecule has 0 saturated carbocycles. The Balaban J connectivity index is 1.22. The molecule has 0 radical (unpaired) electrons. The predicted octanol–water partition coefficient (Wildman–Crippen LogP) is 15.4. The fourth-order valence-corrected chi connectivity index (χ4v) is 9.10. The van der Waals surface area contributed by atoms with E-state index in [-0.39, 0.29) is 0 Å². The number of benzene rings is 9. The zero-order valence-electron chi connectivity index (χ0n) is 30.9. The lowest BCUT2D eigenvalue weighted by atomic mass is 9.81. The number of fused-ring (bicyclic) bond motifs is 4. The van der Waals surface area contributed by atoms with Crippen molar-refractivity contribution in [2.24, 2.45) is 5.92 Å². The molecule has 55 heavy (non-hydrogen) atoms. The maximum Gasteiger partial charge on any atom is 0.00307 e. The Hall–Kier alpha value is -6.76. The highest BCUT2D eigenvalue weighted by molar-refractivity contribution is 6.24. The molecule has 9 aromatic rings. The largest absolute Gasteiger partial charge is 0.0770 e. The van der Waals surface area contributed by atoms with E-state index in [0.29, 0.717) is 5.92 Å². The molecular formula is C55H40. The first-order valence-electron chi connectivity index (χ1n) is 19.5. The molecule has 1 aliphatic carbocycles. The van der Waals surface area contributed by atoms with Crippen LogP contribution in [0, 0.1) is 5.92 Å². The van der Waals surface area contributed by atoms with E-state index < -0.39 is 0 Å². The molecule has 1 aliphatic rings. The van der Waals surface area contributed by atoms with Crippen LogP contribution in [0.4, 0.5) is 0 Å². The first-order valence-corrected chi connectivity index (χ1v) is 19.5. The van der Waals surface area contributed by atoms with Gasteiger partial charge in [-0.1, -0.05) is 207 Å². The van der Waals surface area contributed by atoms with E-state index in [1.54, 1.807) is 0 Å². The van der Waals surface area contributed by atoms with Gasteiger partial charge in [-0.3, -0.25) is 0 Å². The van der Waals surface area contributed by atoms with Crippen molar-refractivity contribution in [3.8, 4) is 33.4 Å². The van der Waals surface area contributed by atoms with E-state index in [0.717, 1.165) is 6.42 Å². The second kappa shape index (κ2) is 13.9. The topological polar surface area (TPSA) is 0 Å². The summed E-state index contributed by atoms with van der Waals surface area (Å²) in [5.74, 6) is 0.295. The summed E-state index contributed by atoms with van der Waals surface area (Å²) in [5.41, 5.74) is 12.8. The highest BCUT2D eigenvalue weighted by Crippen LogP contribution is 2.47. The third kappa shape index (κ3) is 5.61. The van der Waals surface area contributed by atoms with Gasteiger partial charge in [-0.05, 0) is 111 Å². The summed E-state index contributed by atoms with van der Waals surface area (Å²) in [6.45, 7) is 2.30. The molecule has 0 bridgehead atoms. The van der Waals surface area contributed by atoms with Gasteiger partial charge in [-0.25, -0.2) is 0 Å². The number of hydrogen-bond donors (Lipinski definition) is 0. The van der Waals surface area contributed by atoms with E-state index in [4.69, 9.17) is 0 Å². The molecule has 0 saturated heterocycles. The number of rotatable bonds is 6. The molecule has 10 rings (SSSR count). The molecule has 0 aromatic heterocycles. The van der Waals surface area contributed by atoms with Crippen LogP contribution in [-0.4, -0.2) is 0 Å². The lowest BCUT2D eigenvalue weighted by Crippen LogP contribution is -2.03. The van der Waals surface area contributed by atoms with Gasteiger partial charge in [0.25, 0.3) is 0 Å². The maximum atomic E-state index is 2.43. The maximum absolute atomic E-state index is 2.43. The van der Waals surface area contributed by atoms with Crippen LogP contribution < -0.4 is 0 Å². The van der Waals surface area contributed by atoms with Gasteiger partial charge in [0.15, 0.2) is 0 Å². The molecule has 0 spiro atoms. The van der Waals surface area contributed by atoms with E-state index in [9.17, 15) is 0 Å². The van der Waals surface area contributed by atoms with Crippen molar-refractivity contribution in [2.75, 3.05) is 0 Å². The minimum Gasteiger partial charge on any atom is -0.0770 e. The molecule has 9 aromatic carbocycles. The Labute approximate surface area is 323 Å². The summed E-state index contributed by atoms with van der Waals surface area (Å²) in [6, 6.07) is 67.2. The second-order valence-corrected chi connectivity index (χ2v) is 14.6. The SMILES string of the molecule is CCC1C=CC=CC(c2cccc(-c3c4ccccc4c(-c4cccc5c(-c6ccccc6)cccc45)c4ccccc34)c2)=C1c1cccc2ccccc12. The fourth-order valence-electron chi connectivity index (χ4n) is 9.10. The van der Waals surface area contributed by atoms with Crippen molar-refractivity contribution in [1.82, 2.24) is 0 Å². The van der Waals surface area contributed by atoms with Crippen LogP contribution in [0.15, 0.2) is 206 Å². The number of allylic oxidation sites excluding steroid dienone is 6. The van der Waals surface area contributed by atoms with Crippen molar-refractivity contribution in [2.45, 2.75) is 13.3 Å². The quantitative estimate of drug-likeness (QED) is 0.152. The molecule has 0 heterocycles. The first kappa shape index (κ1) is 32.9. The molecule has 0 fully saturated rings. The first-order chi connectivity index (χ1) is 27.3. The van der Waals surface area contributed by atoms with Crippen molar-refractivity contribution < 1.29 is 0 Å². The fraction of sp³-hybridized carbons (Fsp3) is 0.0545. The van der Waals surface area contributed by atoms with Crippen LogP contribution >= 0.6 is 0 Å². The summed E-state index contributed by atoms with van der Waals surface area (Å²) in [5, 5.41) is 10.2. The third-order valence-electron chi connectivity index (χ3n) is 11.6. The van der Waals surface area contributed by atoms with Crippen LogP contribution in [0.5, 0.6) is 0 Å². The Morgan fingerprint density at radius 1 is 0.382 bits per heavy atom. The summed E-state index contributed by atoms with van der Waals surface area (Å²) >= 11 is 0. The van der Waals surface area contributed by atoms with Gasteiger partial charge < -0.3 is 0 Å². The standard InChI is InChI=1S/C55H40/c1-2-37-18-6-9-26-44(53(37)47-34-15-22-39-21-7-8-25-43(39)47)40-23-14-24-41(36-40)54-49-27-10-12-29-51(49)55(52-30-13-11-28-50(52)54)48-35-17-32-45-42(31-16-33-46(45)48)38-19-4-3-5-20-38/h3-37H,2H2,1H3. The zero-order valence-corrected chi connectivity index (χ0v) is 30.9. The molecule has 0 heteroatoms. The highest BCUT2D eigenvalue weighted by Gasteiger charge is 2.22. The summed E-state index contributed by atoms with van der Waals surface area (Å²) in [6.07, 6.45) is 10.2. The van der Waals surface area contributed by atoms with Gasteiger partial charge in [0.05, 0.1) is 0 Å². The number of hydrogen-bond acceptors (Lipinski definition) is 0. The molecular weight excluding hydrogens is 661 g/mol. The predicted molar refractivity (Wildman–Crippen MR) is 238 cm³/mol. The monoisotopic (exact) mass is 700 g/mol. The van der Waals surface area contributed by atoms with Gasteiger partial charge in [0.2, 0.25) is 0 Å². The smallest absolute Gasteiger partial charge is 0.00307 e. The molecule has 0 nitrogen and oxygen atoms in total. The summed E-state index contributed by atoms with van der Waals surface area (Å²) in [7, 11) is 0. The van der Waals surface area contributed by atoms with Crippen LogP contribution in [0.3, 0.4) is 0 Å². The zero-order chi connectivity index (χ0) is 36.7. The summed E-state index contributed by atoms with van der Waals surface area (Å²) in [4.78, 5) is 0. The third-order valence-corrected chi connectivity index (χ3v) is 11.6. The average molecular weight is 701 g/mol. The Bertz CT molecular complexity index is 2950. The van der Waals surface area contributed by atoms with Crippen LogP contribution in [-0.2, 0) is 0 Å². The lowest BCUT2D eigenvalue weighted by Gasteiger charge is -2.22. The molecule has 1 atom stereocenters. The molecule has 0 aliphatic heterocycles. The minimum atomic E-state index is 0.295. The molecule has 0 amide bonds. The second-order valence-electron chi connectivity index (χ2n) is 14.6. The lowest BCUT2D eigenvalue weighted by molar-refractivity contribution is 0.796.